The van der Waals surface area contributed by atoms with E-state index in [2.05, 4.69) is 0 Å². The predicted octanol–water partition coefficient (Wildman–Crippen LogP) is 3.20. The molecule has 2 saturated heterocycles. The summed E-state index contributed by atoms with van der Waals surface area (Å²) in [6.07, 6.45) is 8.40. The van der Waals surface area contributed by atoms with Gasteiger partial charge in [0.1, 0.15) is 5.78 Å². The predicted molar refractivity (Wildman–Crippen MR) is 82.5 cm³/mol. The molecule has 2 rings (SSSR count). The molecule has 0 aromatic rings. The average molecular weight is 314 g/mol. The van der Waals surface area contributed by atoms with Crippen LogP contribution in [-0.4, -0.2) is 44.3 Å². The Hall–Kier alpha value is -0.490. The highest BCUT2D eigenvalue weighted by atomic mass is 16.7. The molecule has 2 aliphatic heterocycles. The number of ketones is 1. The lowest BCUT2D eigenvalue weighted by Crippen LogP contribution is -2.29. The van der Waals surface area contributed by atoms with Crippen molar-refractivity contribution in [2.75, 3.05) is 19.8 Å². The van der Waals surface area contributed by atoms with E-state index in [4.69, 9.17) is 18.9 Å². The summed E-state index contributed by atoms with van der Waals surface area (Å²) < 4.78 is 22.8. The fourth-order valence-corrected chi connectivity index (χ4v) is 2.94. The summed E-state index contributed by atoms with van der Waals surface area (Å²) in [6.45, 7) is 3.84. The Morgan fingerprint density at radius 2 is 1.77 bits per heavy atom. The van der Waals surface area contributed by atoms with Crippen LogP contribution in [0.15, 0.2) is 0 Å². The normalized spacial score (nSPS) is 27.5. The van der Waals surface area contributed by atoms with E-state index < -0.39 is 0 Å². The minimum absolute atomic E-state index is 0.0393. The van der Waals surface area contributed by atoms with E-state index in [1.54, 1.807) is 6.92 Å². The Kier molecular flexibility index (Phi) is 8.37. The van der Waals surface area contributed by atoms with Crippen molar-refractivity contribution in [2.45, 2.75) is 83.4 Å². The molecule has 0 bridgehead atoms. The van der Waals surface area contributed by atoms with E-state index >= 15 is 0 Å². The third kappa shape index (κ3) is 7.18. The summed E-state index contributed by atoms with van der Waals surface area (Å²) in [5.74, 6) is 0.164. The number of hydrogen-bond donors (Lipinski definition) is 0. The largest absolute Gasteiger partial charge is 0.353 e. The van der Waals surface area contributed by atoms with Gasteiger partial charge in [-0.3, -0.25) is 4.79 Å². The first-order valence-electron chi connectivity index (χ1n) is 8.74. The van der Waals surface area contributed by atoms with Crippen molar-refractivity contribution >= 4 is 5.78 Å². The molecule has 2 aliphatic rings. The third-order valence-corrected chi connectivity index (χ3v) is 4.11. The van der Waals surface area contributed by atoms with Crippen molar-refractivity contribution in [2.24, 2.45) is 0 Å². The maximum atomic E-state index is 11.4. The lowest BCUT2D eigenvalue weighted by molar-refractivity contribution is -0.193. The molecular formula is C17H30O5. The fraction of sp³-hybridized carbons (Fsp3) is 0.941. The van der Waals surface area contributed by atoms with Crippen molar-refractivity contribution < 1.29 is 23.7 Å². The van der Waals surface area contributed by atoms with Crippen LogP contribution in [0.4, 0.5) is 0 Å². The monoisotopic (exact) mass is 314 g/mol. The van der Waals surface area contributed by atoms with E-state index in [1.807, 2.05) is 0 Å². The number of carbonyl (C=O) groups excluding carboxylic acids is 1. The van der Waals surface area contributed by atoms with Gasteiger partial charge < -0.3 is 18.9 Å². The van der Waals surface area contributed by atoms with Crippen LogP contribution >= 0.6 is 0 Å². The molecule has 2 fully saturated rings. The molecular weight excluding hydrogens is 284 g/mol. The van der Waals surface area contributed by atoms with Crippen LogP contribution in [0.25, 0.3) is 0 Å². The number of Topliss-reactive ketones (excluding diaryl/α,β-unsaturated/α-hetero) is 1. The van der Waals surface area contributed by atoms with Crippen LogP contribution in [-0.2, 0) is 23.7 Å². The van der Waals surface area contributed by atoms with Crippen LogP contribution in [0.2, 0.25) is 0 Å². The molecule has 128 valence electrons. The first-order chi connectivity index (χ1) is 10.7. The molecule has 22 heavy (non-hydrogen) atoms. The average Bonchev–Trinajstić information content (AvgIpc) is 2.53. The minimum atomic E-state index is -0.138. The molecule has 3 unspecified atom stereocenters. The summed E-state index contributed by atoms with van der Waals surface area (Å²) in [5, 5.41) is 0. The van der Waals surface area contributed by atoms with Crippen LogP contribution in [0.3, 0.4) is 0 Å². The lowest BCUT2D eigenvalue weighted by atomic mass is 10.1. The Bertz CT molecular complexity index is 308. The molecule has 0 aliphatic carbocycles. The Morgan fingerprint density at radius 3 is 2.36 bits per heavy atom. The van der Waals surface area contributed by atoms with E-state index in [0.29, 0.717) is 13.0 Å². The van der Waals surface area contributed by atoms with Crippen molar-refractivity contribution in [3.8, 4) is 0 Å². The maximum Gasteiger partial charge on any atom is 0.157 e. The Morgan fingerprint density at radius 1 is 1.09 bits per heavy atom. The SMILES string of the molecule is CC(=O)CC(CCCOC1CCCCO1)OC1CCCCO1. The molecule has 2 heterocycles. The summed E-state index contributed by atoms with van der Waals surface area (Å²) >= 11 is 0. The van der Waals surface area contributed by atoms with E-state index in [1.165, 1.54) is 6.42 Å². The van der Waals surface area contributed by atoms with Crippen molar-refractivity contribution in [3.05, 3.63) is 0 Å². The van der Waals surface area contributed by atoms with Crippen LogP contribution in [0.5, 0.6) is 0 Å². The van der Waals surface area contributed by atoms with Crippen molar-refractivity contribution in [3.63, 3.8) is 0 Å². The summed E-state index contributed by atoms with van der Waals surface area (Å²) in [4.78, 5) is 11.4. The third-order valence-electron chi connectivity index (χ3n) is 4.11. The highest BCUT2D eigenvalue weighted by Gasteiger charge is 2.21. The highest BCUT2D eigenvalue weighted by Crippen LogP contribution is 2.20. The van der Waals surface area contributed by atoms with Gasteiger partial charge in [0.05, 0.1) is 6.10 Å². The quantitative estimate of drug-likeness (QED) is 0.612. The van der Waals surface area contributed by atoms with Gasteiger partial charge in [0, 0.05) is 26.2 Å². The van der Waals surface area contributed by atoms with E-state index in [-0.39, 0.29) is 24.5 Å². The number of ether oxygens (including phenoxy) is 4. The first-order valence-corrected chi connectivity index (χ1v) is 8.74. The Balaban J connectivity index is 1.63. The first kappa shape index (κ1) is 17.9. The van der Waals surface area contributed by atoms with Gasteiger partial charge in [0.2, 0.25) is 0 Å². The standard InChI is InChI=1S/C17H30O5/c1-14(18)13-15(22-17-9-3-5-11-21-17)7-6-12-20-16-8-2-4-10-19-16/h15-17H,2-13H2,1H3. The molecule has 5 heteroatoms. The molecule has 3 atom stereocenters. The van der Waals surface area contributed by atoms with E-state index in [0.717, 1.165) is 58.2 Å². The van der Waals surface area contributed by atoms with Gasteiger partial charge in [-0.1, -0.05) is 0 Å². The van der Waals surface area contributed by atoms with Crippen LogP contribution in [0, 0.1) is 0 Å². The topological polar surface area (TPSA) is 54.0 Å². The maximum absolute atomic E-state index is 11.4. The smallest absolute Gasteiger partial charge is 0.157 e. The van der Waals surface area contributed by atoms with Gasteiger partial charge in [-0.15, -0.1) is 0 Å². The van der Waals surface area contributed by atoms with Gasteiger partial charge in [-0.05, 0) is 58.3 Å². The molecule has 0 radical (unpaired) electrons. The van der Waals surface area contributed by atoms with Crippen LogP contribution in [0.1, 0.15) is 64.7 Å². The minimum Gasteiger partial charge on any atom is -0.353 e. The van der Waals surface area contributed by atoms with Gasteiger partial charge in [0.25, 0.3) is 0 Å². The van der Waals surface area contributed by atoms with Crippen LogP contribution < -0.4 is 0 Å². The summed E-state index contributed by atoms with van der Waals surface area (Å²) in [5.41, 5.74) is 0. The zero-order valence-corrected chi connectivity index (χ0v) is 13.8. The molecule has 0 N–H and O–H groups in total. The summed E-state index contributed by atoms with van der Waals surface area (Å²) in [7, 11) is 0. The van der Waals surface area contributed by atoms with Gasteiger partial charge in [-0.25, -0.2) is 0 Å². The molecule has 0 aromatic carbocycles. The van der Waals surface area contributed by atoms with Gasteiger partial charge in [0.15, 0.2) is 12.6 Å². The van der Waals surface area contributed by atoms with Crippen molar-refractivity contribution in [1.82, 2.24) is 0 Å². The van der Waals surface area contributed by atoms with Gasteiger partial charge in [-0.2, -0.15) is 0 Å². The number of rotatable bonds is 9. The second kappa shape index (κ2) is 10.3. The lowest BCUT2D eigenvalue weighted by Gasteiger charge is -2.28. The second-order valence-corrected chi connectivity index (χ2v) is 6.27. The number of hydrogen-bond acceptors (Lipinski definition) is 5. The molecule has 0 saturated carbocycles. The molecule has 0 amide bonds. The molecule has 0 aromatic heterocycles. The molecule has 0 spiro atoms. The zero-order valence-electron chi connectivity index (χ0n) is 13.8. The van der Waals surface area contributed by atoms with Gasteiger partial charge >= 0.3 is 0 Å². The second-order valence-electron chi connectivity index (χ2n) is 6.27. The highest BCUT2D eigenvalue weighted by molar-refractivity contribution is 5.75. The summed E-state index contributed by atoms with van der Waals surface area (Å²) in [6, 6.07) is 0. The number of carbonyl (C=O) groups is 1. The van der Waals surface area contributed by atoms with E-state index in [9.17, 15) is 4.79 Å². The molecule has 5 nitrogen and oxygen atoms in total. The Labute approximate surface area is 133 Å². The zero-order chi connectivity index (χ0) is 15.6. The fourth-order valence-electron chi connectivity index (χ4n) is 2.94. The van der Waals surface area contributed by atoms with Crippen molar-refractivity contribution in [1.29, 1.82) is 0 Å².